The maximum atomic E-state index is 12.7. The Morgan fingerprint density at radius 2 is 1.67 bits per heavy atom. The van der Waals surface area contributed by atoms with Crippen molar-refractivity contribution >= 4 is 0 Å². The second-order valence-electron chi connectivity index (χ2n) is 5.34. The minimum Gasteiger partial charge on any atom is -0.321 e. The summed E-state index contributed by atoms with van der Waals surface area (Å²) in [5.41, 5.74) is 5.59. The average molecular weight is 257 g/mol. The molecule has 1 aliphatic carbocycles. The van der Waals surface area contributed by atoms with Gasteiger partial charge in [0.05, 0.1) is 5.56 Å². The van der Waals surface area contributed by atoms with E-state index in [0.717, 1.165) is 31.7 Å². The Bertz CT molecular complexity index is 417. The minimum atomic E-state index is -4.30. The molecule has 2 N–H and O–H groups in total. The summed E-state index contributed by atoms with van der Waals surface area (Å²) in [4.78, 5) is 0. The van der Waals surface area contributed by atoms with Crippen LogP contribution in [-0.4, -0.2) is 0 Å². The predicted molar refractivity (Wildman–Crippen MR) is 64.9 cm³/mol. The molecule has 0 radical (unpaired) electrons. The summed E-state index contributed by atoms with van der Waals surface area (Å²) in [6.07, 6.45) is -0.0545. The second kappa shape index (κ2) is 4.57. The van der Waals surface area contributed by atoms with Gasteiger partial charge in [0.25, 0.3) is 0 Å². The smallest absolute Gasteiger partial charge is 0.321 e. The van der Waals surface area contributed by atoms with Crippen LogP contribution in [0.2, 0.25) is 0 Å². The van der Waals surface area contributed by atoms with E-state index in [9.17, 15) is 13.2 Å². The average Bonchev–Trinajstić information content (AvgIpc) is 2.82. The minimum absolute atomic E-state index is 0.279. The summed E-state index contributed by atoms with van der Waals surface area (Å²) in [5.74, 6) is 0.279. The van der Waals surface area contributed by atoms with Crippen LogP contribution in [-0.2, 0) is 11.7 Å². The van der Waals surface area contributed by atoms with Crippen LogP contribution in [0.15, 0.2) is 24.3 Å². The number of alkyl halides is 3. The first kappa shape index (κ1) is 13.4. The quantitative estimate of drug-likeness (QED) is 0.849. The molecule has 0 aromatic heterocycles. The van der Waals surface area contributed by atoms with Crippen molar-refractivity contribution in [2.24, 2.45) is 11.7 Å². The highest BCUT2D eigenvalue weighted by molar-refractivity contribution is 5.31. The lowest BCUT2D eigenvalue weighted by Gasteiger charge is -2.32. The molecule has 1 aliphatic rings. The highest BCUT2D eigenvalue weighted by Crippen LogP contribution is 2.40. The first-order valence-corrected chi connectivity index (χ1v) is 6.28. The normalized spacial score (nSPS) is 20.9. The number of benzene rings is 1. The van der Waals surface area contributed by atoms with Crippen LogP contribution in [0.5, 0.6) is 0 Å². The number of rotatable bonds is 2. The number of nitrogens with two attached hydrogens (primary N) is 1. The molecule has 18 heavy (non-hydrogen) atoms. The summed E-state index contributed by atoms with van der Waals surface area (Å²) in [6, 6.07) is 5.43. The summed E-state index contributed by atoms with van der Waals surface area (Å²) in [5, 5.41) is 0. The summed E-state index contributed by atoms with van der Waals surface area (Å²) in [6.45, 7) is 1.85. The Morgan fingerprint density at radius 1 is 1.11 bits per heavy atom. The van der Waals surface area contributed by atoms with Crippen molar-refractivity contribution in [1.82, 2.24) is 0 Å². The van der Waals surface area contributed by atoms with Gasteiger partial charge in [0.15, 0.2) is 0 Å². The van der Waals surface area contributed by atoms with Gasteiger partial charge in [0, 0.05) is 5.54 Å². The molecule has 0 spiro atoms. The molecule has 1 fully saturated rings. The Morgan fingerprint density at radius 3 is 2.22 bits per heavy atom. The molecule has 1 aromatic carbocycles. The van der Waals surface area contributed by atoms with Gasteiger partial charge in [0.2, 0.25) is 0 Å². The Hall–Kier alpha value is -1.03. The van der Waals surface area contributed by atoms with E-state index in [1.165, 1.54) is 12.1 Å². The number of halogens is 3. The Labute approximate surface area is 105 Å². The zero-order chi connectivity index (χ0) is 13.4. The summed E-state index contributed by atoms with van der Waals surface area (Å²) >= 11 is 0. The van der Waals surface area contributed by atoms with E-state index in [0.29, 0.717) is 5.56 Å². The second-order valence-corrected chi connectivity index (χ2v) is 5.34. The highest BCUT2D eigenvalue weighted by Gasteiger charge is 2.36. The van der Waals surface area contributed by atoms with Crippen LogP contribution < -0.4 is 5.73 Å². The Balaban J connectivity index is 2.32. The molecule has 0 bridgehead atoms. The van der Waals surface area contributed by atoms with Gasteiger partial charge in [-0.3, -0.25) is 0 Å². The van der Waals surface area contributed by atoms with Gasteiger partial charge < -0.3 is 5.73 Å². The van der Waals surface area contributed by atoms with Crippen LogP contribution in [0.25, 0.3) is 0 Å². The number of hydrogen-bond acceptors (Lipinski definition) is 1. The molecule has 0 heterocycles. The van der Waals surface area contributed by atoms with E-state index in [1.807, 2.05) is 6.92 Å². The maximum absolute atomic E-state index is 12.7. The van der Waals surface area contributed by atoms with Gasteiger partial charge in [-0.1, -0.05) is 25.0 Å². The Kier molecular flexibility index (Phi) is 3.41. The third-order valence-electron chi connectivity index (χ3n) is 4.02. The van der Waals surface area contributed by atoms with Crippen LogP contribution in [0.1, 0.15) is 43.7 Å². The third kappa shape index (κ3) is 2.53. The molecular formula is C14H18F3N. The topological polar surface area (TPSA) is 26.0 Å². The van der Waals surface area contributed by atoms with Crippen molar-refractivity contribution in [3.63, 3.8) is 0 Å². The fourth-order valence-corrected chi connectivity index (χ4v) is 2.79. The SMILES string of the molecule is CC(N)(c1cccc(C(F)(F)F)c1)C1CCCC1. The molecule has 2 rings (SSSR count). The fraction of sp³-hybridized carbons (Fsp3) is 0.571. The molecule has 1 atom stereocenters. The van der Waals surface area contributed by atoms with Crippen molar-refractivity contribution in [3.05, 3.63) is 35.4 Å². The lowest BCUT2D eigenvalue weighted by atomic mass is 9.79. The van der Waals surface area contributed by atoms with Gasteiger partial charge >= 0.3 is 6.18 Å². The summed E-state index contributed by atoms with van der Waals surface area (Å²) in [7, 11) is 0. The van der Waals surface area contributed by atoms with Gasteiger partial charge in [-0.25, -0.2) is 0 Å². The standard InChI is InChI=1S/C14H18F3N/c1-13(18,10-5-2-3-6-10)11-7-4-8-12(9-11)14(15,16)17/h4,7-10H,2-3,5-6,18H2,1H3. The van der Waals surface area contributed by atoms with E-state index in [4.69, 9.17) is 5.73 Å². The van der Waals surface area contributed by atoms with Crippen molar-refractivity contribution in [2.45, 2.75) is 44.3 Å². The molecule has 0 aliphatic heterocycles. The molecule has 1 saturated carbocycles. The van der Waals surface area contributed by atoms with Crippen molar-refractivity contribution in [1.29, 1.82) is 0 Å². The maximum Gasteiger partial charge on any atom is 0.416 e. The number of hydrogen-bond donors (Lipinski definition) is 1. The van der Waals surface area contributed by atoms with E-state index in [-0.39, 0.29) is 5.92 Å². The van der Waals surface area contributed by atoms with E-state index in [2.05, 4.69) is 0 Å². The van der Waals surface area contributed by atoms with E-state index in [1.54, 1.807) is 6.07 Å². The molecule has 1 unspecified atom stereocenters. The first-order valence-electron chi connectivity index (χ1n) is 6.28. The van der Waals surface area contributed by atoms with Gasteiger partial charge in [-0.15, -0.1) is 0 Å². The van der Waals surface area contributed by atoms with Crippen LogP contribution in [0.4, 0.5) is 13.2 Å². The largest absolute Gasteiger partial charge is 0.416 e. The molecule has 100 valence electrons. The van der Waals surface area contributed by atoms with Crippen LogP contribution >= 0.6 is 0 Å². The van der Waals surface area contributed by atoms with Crippen LogP contribution in [0.3, 0.4) is 0 Å². The molecular weight excluding hydrogens is 239 g/mol. The zero-order valence-corrected chi connectivity index (χ0v) is 10.4. The van der Waals surface area contributed by atoms with Gasteiger partial charge in [-0.2, -0.15) is 13.2 Å². The molecule has 1 nitrogen and oxygen atoms in total. The molecule has 4 heteroatoms. The monoisotopic (exact) mass is 257 g/mol. The van der Waals surface area contributed by atoms with E-state index >= 15 is 0 Å². The lowest BCUT2D eigenvalue weighted by molar-refractivity contribution is -0.137. The zero-order valence-electron chi connectivity index (χ0n) is 10.4. The fourth-order valence-electron chi connectivity index (χ4n) is 2.79. The van der Waals surface area contributed by atoms with Gasteiger partial charge in [-0.05, 0) is 43.4 Å². The molecule has 0 amide bonds. The first-order chi connectivity index (χ1) is 8.32. The van der Waals surface area contributed by atoms with Gasteiger partial charge in [0.1, 0.15) is 0 Å². The third-order valence-corrected chi connectivity index (χ3v) is 4.02. The predicted octanol–water partition coefficient (Wildman–Crippen LogP) is 4.07. The van der Waals surface area contributed by atoms with Crippen molar-refractivity contribution in [2.75, 3.05) is 0 Å². The van der Waals surface area contributed by atoms with E-state index < -0.39 is 17.3 Å². The highest BCUT2D eigenvalue weighted by atomic mass is 19.4. The van der Waals surface area contributed by atoms with Crippen LogP contribution in [0, 0.1) is 5.92 Å². The molecule has 0 saturated heterocycles. The molecule has 1 aromatic rings. The van der Waals surface area contributed by atoms with Crippen molar-refractivity contribution in [3.8, 4) is 0 Å². The summed E-state index contributed by atoms with van der Waals surface area (Å²) < 4.78 is 38.1. The van der Waals surface area contributed by atoms with Crippen molar-refractivity contribution < 1.29 is 13.2 Å². The lowest BCUT2D eigenvalue weighted by Crippen LogP contribution is -2.40.